The van der Waals surface area contributed by atoms with Gasteiger partial charge in [0, 0.05) is 24.3 Å². The summed E-state index contributed by atoms with van der Waals surface area (Å²) in [5, 5.41) is 11.9. The van der Waals surface area contributed by atoms with Gasteiger partial charge in [0.2, 0.25) is 5.13 Å². The molecule has 3 aromatic rings. The lowest BCUT2D eigenvalue weighted by Crippen LogP contribution is -2.28. The van der Waals surface area contributed by atoms with E-state index in [9.17, 15) is 9.59 Å². The Hall–Kier alpha value is -2.59. The van der Waals surface area contributed by atoms with E-state index in [1.165, 1.54) is 16.2 Å². The van der Waals surface area contributed by atoms with Gasteiger partial charge in [0.05, 0.1) is 10.6 Å². The molecule has 4 rings (SSSR count). The topological polar surface area (TPSA) is 75.2 Å². The Labute approximate surface area is 203 Å². The number of halogens is 1. The highest BCUT2D eigenvalue weighted by molar-refractivity contribution is 8.27. The van der Waals surface area contributed by atoms with Gasteiger partial charge in [-0.1, -0.05) is 83.8 Å². The summed E-state index contributed by atoms with van der Waals surface area (Å²) in [7, 11) is 0. The Morgan fingerprint density at radius 1 is 1.06 bits per heavy atom. The molecule has 0 unspecified atom stereocenters. The summed E-state index contributed by atoms with van der Waals surface area (Å²) in [4.78, 5) is 28.4. The van der Waals surface area contributed by atoms with Crippen LogP contribution in [0.15, 0.2) is 71.1 Å². The van der Waals surface area contributed by atoms with Crippen molar-refractivity contribution >= 4 is 73.9 Å². The molecule has 0 atom stereocenters. The van der Waals surface area contributed by atoms with Crippen LogP contribution in [-0.2, 0) is 22.4 Å². The Morgan fingerprint density at radius 3 is 2.44 bits per heavy atom. The van der Waals surface area contributed by atoms with Crippen molar-refractivity contribution in [3.63, 3.8) is 0 Å². The molecule has 1 aliphatic heterocycles. The Balaban J connectivity index is 1.68. The molecule has 0 radical (unpaired) electrons. The minimum atomic E-state index is -0.406. The summed E-state index contributed by atoms with van der Waals surface area (Å²) in [5.41, 5.74) is 1.91. The smallest absolute Gasteiger partial charge is 0.271 e. The number of nitrogens with one attached hydrogen (secondary N) is 1. The van der Waals surface area contributed by atoms with E-state index >= 15 is 0 Å². The monoisotopic (exact) mass is 500 g/mol. The van der Waals surface area contributed by atoms with E-state index < -0.39 is 5.91 Å². The van der Waals surface area contributed by atoms with Crippen LogP contribution in [0.5, 0.6) is 0 Å². The molecule has 10 heteroatoms. The highest BCUT2D eigenvalue weighted by Gasteiger charge is 2.37. The van der Waals surface area contributed by atoms with Crippen LogP contribution >= 0.6 is 46.9 Å². The van der Waals surface area contributed by atoms with E-state index in [0.717, 1.165) is 22.3 Å². The molecular formula is C22H17ClN4O2S3. The van der Waals surface area contributed by atoms with Crippen LogP contribution in [0.3, 0.4) is 0 Å². The molecule has 1 fully saturated rings. The van der Waals surface area contributed by atoms with Crippen LogP contribution < -0.4 is 10.2 Å². The molecule has 0 aliphatic carbocycles. The Kier molecular flexibility index (Phi) is 7.31. The van der Waals surface area contributed by atoms with Crippen molar-refractivity contribution < 1.29 is 9.59 Å². The number of carbonyl (C=O) groups is 2. The molecule has 0 bridgehead atoms. The van der Waals surface area contributed by atoms with Gasteiger partial charge in [-0.2, -0.15) is 0 Å². The first-order valence-corrected chi connectivity index (χ1v) is 12.2. The summed E-state index contributed by atoms with van der Waals surface area (Å²) in [6.45, 7) is 0. The van der Waals surface area contributed by atoms with Gasteiger partial charge in [0.25, 0.3) is 11.8 Å². The van der Waals surface area contributed by atoms with Gasteiger partial charge in [0.1, 0.15) is 5.01 Å². The number of anilines is 2. The normalized spacial score (nSPS) is 15.2. The van der Waals surface area contributed by atoms with E-state index in [1.54, 1.807) is 0 Å². The number of hydrogen-bond donors (Lipinski definition) is 1. The van der Waals surface area contributed by atoms with E-state index in [-0.39, 0.29) is 12.3 Å². The zero-order chi connectivity index (χ0) is 22.5. The van der Waals surface area contributed by atoms with Crippen LogP contribution in [0.4, 0.5) is 10.8 Å². The maximum atomic E-state index is 13.3. The third-order valence-electron chi connectivity index (χ3n) is 4.55. The maximum absolute atomic E-state index is 13.3. The molecule has 1 aliphatic rings. The lowest BCUT2D eigenvalue weighted by molar-refractivity contribution is -0.115. The fourth-order valence-corrected chi connectivity index (χ4v) is 5.46. The summed E-state index contributed by atoms with van der Waals surface area (Å²) in [6, 6.07) is 18.7. The zero-order valence-electron chi connectivity index (χ0n) is 16.7. The minimum absolute atomic E-state index is 0.277. The second-order valence-corrected chi connectivity index (χ2v) is 9.79. The first kappa shape index (κ1) is 22.6. The Bertz CT molecular complexity index is 1180. The van der Waals surface area contributed by atoms with Crippen molar-refractivity contribution in [2.45, 2.75) is 12.8 Å². The zero-order valence-corrected chi connectivity index (χ0v) is 19.9. The number of carbonyl (C=O) groups excluding carboxylic acids is 2. The fourth-order valence-electron chi connectivity index (χ4n) is 3.07. The predicted octanol–water partition coefficient (Wildman–Crippen LogP) is 4.82. The number of aromatic nitrogens is 2. The number of nitrogens with zero attached hydrogens (tertiary/aromatic N) is 3. The number of aryl methyl sites for hydroxylation is 1. The third kappa shape index (κ3) is 5.07. The first-order chi connectivity index (χ1) is 15.6. The van der Waals surface area contributed by atoms with Crippen LogP contribution in [0.2, 0.25) is 0 Å². The van der Waals surface area contributed by atoms with Gasteiger partial charge in [0.15, 0.2) is 4.32 Å². The number of amides is 2. The summed E-state index contributed by atoms with van der Waals surface area (Å²) >= 11 is 13.6. The maximum Gasteiger partial charge on any atom is 0.271 e. The molecule has 32 heavy (non-hydrogen) atoms. The van der Waals surface area contributed by atoms with Crippen LogP contribution in [0, 0.1) is 0 Å². The SMILES string of the molecule is O=C(Nc1nnc(CCCl)s1)/C(Cc1ccccc1)=C1/SC(=S)N(c2ccccc2)C1=O. The van der Waals surface area contributed by atoms with Crippen LogP contribution in [0.25, 0.3) is 0 Å². The second kappa shape index (κ2) is 10.4. The number of benzene rings is 2. The number of alkyl halides is 1. The molecular weight excluding hydrogens is 484 g/mol. The third-order valence-corrected chi connectivity index (χ3v) is 7.05. The van der Waals surface area contributed by atoms with Gasteiger partial charge in [-0.3, -0.25) is 19.8 Å². The molecule has 2 heterocycles. The number of thioether (sulfide) groups is 1. The van der Waals surface area contributed by atoms with Gasteiger partial charge in [-0.25, -0.2) is 0 Å². The lowest BCUT2D eigenvalue weighted by atomic mass is 10.0. The minimum Gasteiger partial charge on any atom is -0.297 e. The van der Waals surface area contributed by atoms with Crippen molar-refractivity contribution in [1.82, 2.24) is 10.2 Å². The standard InChI is InChI=1S/C22H17ClN4O2S3/c23-12-11-17-25-26-21(31-17)24-19(28)16(13-14-7-3-1-4-8-14)18-20(29)27(22(30)32-18)15-9-5-2-6-10-15/h1-10H,11-13H2,(H,24,26,28)/b18-16+. The number of thiocarbonyl (C=S) groups is 1. The molecule has 2 aromatic carbocycles. The van der Waals surface area contributed by atoms with Crippen molar-refractivity contribution in [3.05, 3.63) is 81.7 Å². The highest BCUT2D eigenvalue weighted by Crippen LogP contribution is 2.37. The molecule has 6 nitrogen and oxygen atoms in total. The highest BCUT2D eigenvalue weighted by atomic mass is 35.5. The first-order valence-electron chi connectivity index (χ1n) is 9.65. The lowest BCUT2D eigenvalue weighted by Gasteiger charge is -2.14. The number of hydrogen-bond acceptors (Lipinski definition) is 7. The summed E-state index contributed by atoms with van der Waals surface area (Å²) in [6.07, 6.45) is 0.848. The average molecular weight is 501 g/mol. The molecule has 0 saturated carbocycles. The molecule has 2 amide bonds. The van der Waals surface area contributed by atoms with Crippen molar-refractivity contribution in [2.24, 2.45) is 0 Å². The van der Waals surface area contributed by atoms with E-state index in [4.69, 9.17) is 23.8 Å². The van der Waals surface area contributed by atoms with Crippen LogP contribution in [0.1, 0.15) is 10.6 Å². The summed E-state index contributed by atoms with van der Waals surface area (Å²) < 4.78 is 0.384. The molecule has 1 N–H and O–H groups in total. The molecule has 162 valence electrons. The largest absolute Gasteiger partial charge is 0.297 e. The number of rotatable bonds is 7. The fraction of sp³-hybridized carbons (Fsp3) is 0.136. The number of para-hydroxylation sites is 1. The predicted molar refractivity (Wildman–Crippen MR) is 134 cm³/mol. The summed E-state index contributed by atoms with van der Waals surface area (Å²) in [5.74, 6) is -0.299. The quantitative estimate of drug-likeness (QED) is 0.285. The second-order valence-electron chi connectivity index (χ2n) is 6.71. The van der Waals surface area contributed by atoms with Crippen LogP contribution in [-0.4, -0.2) is 32.2 Å². The molecule has 1 saturated heterocycles. The molecule has 0 spiro atoms. The van der Waals surface area contributed by atoms with E-state index in [1.807, 2.05) is 60.7 Å². The Morgan fingerprint density at radius 2 is 1.75 bits per heavy atom. The van der Waals surface area contributed by atoms with Crippen molar-refractivity contribution in [3.8, 4) is 0 Å². The van der Waals surface area contributed by atoms with Gasteiger partial charge < -0.3 is 0 Å². The average Bonchev–Trinajstić information content (AvgIpc) is 3.36. The van der Waals surface area contributed by atoms with Gasteiger partial charge in [-0.15, -0.1) is 21.8 Å². The molecule has 1 aromatic heterocycles. The van der Waals surface area contributed by atoms with Crippen molar-refractivity contribution in [1.29, 1.82) is 0 Å². The van der Waals surface area contributed by atoms with E-state index in [2.05, 4.69) is 15.5 Å². The van der Waals surface area contributed by atoms with Crippen molar-refractivity contribution in [2.75, 3.05) is 16.1 Å². The van der Waals surface area contributed by atoms with Gasteiger partial charge in [-0.05, 0) is 17.7 Å². The van der Waals surface area contributed by atoms with E-state index in [0.29, 0.717) is 37.9 Å². The van der Waals surface area contributed by atoms with Gasteiger partial charge >= 0.3 is 0 Å².